The first kappa shape index (κ1) is 13.8. The van der Waals surface area contributed by atoms with Crippen molar-refractivity contribution in [3.8, 4) is 0 Å². The van der Waals surface area contributed by atoms with Gasteiger partial charge in [-0.3, -0.25) is 4.90 Å². The van der Waals surface area contributed by atoms with Gasteiger partial charge in [0.15, 0.2) is 5.84 Å². The summed E-state index contributed by atoms with van der Waals surface area (Å²) in [5.41, 5.74) is 6.74. The molecule has 3 N–H and O–H groups in total. The van der Waals surface area contributed by atoms with Crippen LogP contribution in [0, 0.1) is 11.7 Å². The van der Waals surface area contributed by atoms with E-state index in [0.717, 1.165) is 11.5 Å². The summed E-state index contributed by atoms with van der Waals surface area (Å²) in [6, 6.07) is 5.01. The van der Waals surface area contributed by atoms with Crippen molar-refractivity contribution in [2.75, 3.05) is 7.05 Å². The van der Waals surface area contributed by atoms with Crippen LogP contribution < -0.4 is 5.73 Å². The highest BCUT2D eigenvalue weighted by Crippen LogP contribution is 2.35. The second-order valence-electron chi connectivity index (χ2n) is 5.33. The Labute approximate surface area is 112 Å². The summed E-state index contributed by atoms with van der Waals surface area (Å²) in [4.78, 5) is 2.21. The summed E-state index contributed by atoms with van der Waals surface area (Å²) in [5, 5.41) is 11.6. The highest BCUT2D eigenvalue weighted by molar-refractivity contribution is 5.97. The molecule has 1 aliphatic carbocycles. The summed E-state index contributed by atoms with van der Waals surface area (Å²) in [6.07, 6.45) is 2.56. The second-order valence-corrected chi connectivity index (χ2v) is 5.33. The van der Waals surface area contributed by atoms with Crippen LogP contribution in [0.15, 0.2) is 23.4 Å². The SMILES string of the molecule is CC(C1CC1)N(C)Cc1cc(F)cc(/C(N)=N/O)c1. The van der Waals surface area contributed by atoms with Crippen molar-refractivity contribution in [1.29, 1.82) is 0 Å². The van der Waals surface area contributed by atoms with E-state index in [2.05, 4.69) is 17.0 Å². The Morgan fingerprint density at radius 1 is 1.53 bits per heavy atom. The maximum absolute atomic E-state index is 13.5. The predicted octanol–water partition coefficient (Wildman–Crippen LogP) is 2.15. The smallest absolute Gasteiger partial charge is 0.170 e. The van der Waals surface area contributed by atoms with E-state index in [1.807, 2.05) is 7.05 Å². The molecule has 0 saturated heterocycles. The van der Waals surface area contributed by atoms with Crippen LogP contribution in [0.1, 0.15) is 30.9 Å². The molecule has 104 valence electrons. The first-order valence-corrected chi connectivity index (χ1v) is 6.49. The van der Waals surface area contributed by atoms with Crippen LogP contribution in [-0.4, -0.2) is 29.0 Å². The van der Waals surface area contributed by atoms with Gasteiger partial charge < -0.3 is 10.9 Å². The molecule has 0 heterocycles. The predicted molar refractivity (Wildman–Crippen MR) is 72.6 cm³/mol. The van der Waals surface area contributed by atoms with E-state index in [0.29, 0.717) is 18.2 Å². The largest absolute Gasteiger partial charge is 0.409 e. The molecule has 1 atom stereocenters. The van der Waals surface area contributed by atoms with Gasteiger partial charge in [-0.25, -0.2) is 4.39 Å². The van der Waals surface area contributed by atoms with E-state index >= 15 is 0 Å². The van der Waals surface area contributed by atoms with E-state index in [4.69, 9.17) is 10.9 Å². The third-order valence-electron chi connectivity index (χ3n) is 3.79. The zero-order valence-electron chi connectivity index (χ0n) is 11.3. The molecular formula is C14H20FN3O. The Morgan fingerprint density at radius 2 is 2.21 bits per heavy atom. The maximum atomic E-state index is 13.5. The molecule has 1 saturated carbocycles. The quantitative estimate of drug-likeness (QED) is 0.371. The average molecular weight is 265 g/mol. The van der Waals surface area contributed by atoms with Crippen molar-refractivity contribution in [1.82, 2.24) is 4.90 Å². The molecule has 5 heteroatoms. The Hall–Kier alpha value is -1.62. The third kappa shape index (κ3) is 3.44. The van der Waals surface area contributed by atoms with E-state index in [1.54, 1.807) is 6.07 Å². The fourth-order valence-electron chi connectivity index (χ4n) is 2.32. The number of halogens is 1. The van der Waals surface area contributed by atoms with Crippen molar-refractivity contribution in [3.05, 3.63) is 35.1 Å². The number of hydrogen-bond donors (Lipinski definition) is 2. The number of oxime groups is 1. The molecule has 0 aromatic heterocycles. The maximum Gasteiger partial charge on any atom is 0.170 e. The molecule has 0 bridgehead atoms. The zero-order chi connectivity index (χ0) is 14.0. The van der Waals surface area contributed by atoms with Crippen LogP contribution in [0.25, 0.3) is 0 Å². The number of amidine groups is 1. The molecule has 0 spiro atoms. The van der Waals surface area contributed by atoms with Gasteiger partial charge in [0.25, 0.3) is 0 Å². The van der Waals surface area contributed by atoms with Crippen LogP contribution >= 0.6 is 0 Å². The van der Waals surface area contributed by atoms with E-state index in [9.17, 15) is 4.39 Å². The lowest BCUT2D eigenvalue weighted by Gasteiger charge is -2.24. The lowest BCUT2D eigenvalue weighted by atomic mass is 10.1. The lowest BCUT2D eigenvalue weighted by molar-refractivity contribution is 0.226. The summed E-state index contributed by atoms with van der Waals surface area (Å²) in [6.45, 7) is 2.85. The molecule has 0 radical (unpaired) electrons. The van der Waals surface area contributed by atoms with E-state index in [1.165, 1.54) is 25.0 Å². The van der Waals surface area contributed by atoms with Crippen molar-refractivity contribution in [3.63, 3.8) is 0 Å². The second kappa shape index (κ2) is 5.57. The Kier molecular flexibility index (Phi) is 4.04. The Bertz CT molecular complexity index is 486. The minimum atomic E-state index is -0.369. The number of rotatable bonds is 5. The number of nitrogens with zero attached hydrogens (tertiary/aromatic N) is 2. The Morgan fingerprint density at radius 3 is 2.79 bits per heavy atom. The Balaban J connectivity index is 2.13. The molecule has 1 aliphatic rings. The summed E-state index contributed by atoms with van der Waals surface area (Å²) < 4.78 is 13.5. The normalized spacial score (nSPS) is 17.8. The van der Waals surface area contributed by atoms with Crippen molar-refractivity contribution in [2.24, 2.45) is 16.8 Å². The van der Waals surface area contributed by atoms with Gasteiger partial charge in [-0.2, -0.15) is 0 Å². The van der Waals surface area contributed by atoms with Gasteiger partial charge >= 0.3 is 0 Å². The number of hydrogen-bond acceptors (Lipinski definition) is 3. The van der Waals surface area contributed by atoms with Crippen LogP contribution in [0.4, 0.5) is 4.39 Å². The first-order chi connectivity index (χ1) is 9.01. The lowest BCUT2D eigenvalue weighted by Crippen LogP contribution is -2.30. The van der Waals surface area contributed by atoms with Gasteiger partial charge in [0.05, 0.1) is 0 Å². The fraction of sp³-hybridized carbons (Fsp3) is 0.500. The molecule has 1 fully saturated rings. The van der Waals surface area contributed by atoms with Crippen LogP contribution in [0.2, 0.25) is 0 Å². The average Bonchev–Trinajstić information content (AvgIpc) is 3.20. The van der Waals surface area contributed by atoms with Crippen molar-refractivity contribution >= 4 is 5.84 Å². The molecule has 2 rings (SSSR count). The zero-order valence-corrected chi connectivity index (χ0v) is 11.3. The summed E-state index contributed by atoms with van der Waals surface area (Å²) in [7, 11) is 2.04. The standard InChI is InChI=1S/C14H20FN3O/c1-9(11-3-4-11)18(2)8-10-5-12(14(16)17-19)7-13(15)6-10/h5-7,9,11,19H,3-4,8H2,1-2H3,(H2,16,17). The highest BCUT2D eigenvalue weighted by atomic mass is 19.1. The third-order valence-corrected chi connectivity index (χ3v) is 3.79. The van der Waals surface area contributed by atoms with Crippen LogP contribution in [0.3, 0.4) is 0 Å². The van der Waals surface area contributed by atoms with E-state index in [-0.39, 0.29) is 11.7 Å². The van der Waals surface area contributed by atoms with Crippen molar-refractivity contribution in [2.45, 2.75) is 32.4 Å². The van der Waals surface area contributed by atoms with E-state index < -0.39 is 0 Å². The van der Waals surface area contributed by atoms with Crippen LogP contribution in [0.5, 0.6) is 0 Å². The molecule has 1 unspecified atom stereocenters. The molecule has 19 heavy (non-hydrogen) atoms. The van der Waals surface area contributed by atoms with Gasteiger partial charge in [-0.05, 0) is 56.5 Å². The summed E-state index contributed by atoms with van der Waals surface area (Å²) in [5.74, 6) is 0.326. The monoisotopic (exact) mass is 265 g/mol. The molecule has 1 aromatic rings. The van der Waals surface area contributed by atoms with Gasteiger partial charge in [0.1, 0.15) is 5.82 Å². The molecule has 1 aromatic carbocycles. The van der Waals surface area contributed by atoms with Gasteiger partial charge in [0, 0.05) is 18.2 Å². The number of nitrogens with two attached hydrogens (primary N) is 1. The van der Waals surface area contributed by atoms with Gasteiger partial charge in [-0.15, -0.1) is 0 Å². The molecule has 0 amide bonds. The van der Waals surface area contributed by atoms with Gasteiger partial charge in [-0.1, -0.05) is 5.16 Å². The molecular weight excluding hydrogens is 245 g/mol. The minimum absolute atomic E-state index is 0.0707. The molecule has 4 nitrogen and oxygen atoms in total. The van der Waals surface area contributed by atoms with Crippen molar-refractivity contribution < 1.29 is 9.60 Å². The molecule has 0 aliphatic heterocycles. The topological polar surface area (TPSA) is 61.8 Å². The van der Waals surface area contributed by atoms with Gasteiger partial charge in [0.2, 0.25) is 0 Å². The first-order valence-electron chi connectivity index (χ1n) is 6.49. The van der Waals surface area contributed by atoms with Crippen LogP contribution in [-0.2, 0) is 6.54 Å². The highest BCUT2D eigenvalue weighted by Gasteiger charge is 2.30. The number of benzene rings is 1. The fourth-order valence-corrected chi connectivity index (χ4v) is 2.32. The summed E-state index contributed by atoms with van der Waals surface area (Å²) >= 11 is 0. The minimum Gasteiger partial charge on any atom is -0.409 e.